The number of hydrogen-bond acceptors (Lipinski definition) is 3. The third kappa shape index (κ3) is 4.57. The smallest absolute Gasteiger partial charge is 0.335 e. The molecule has 1 atom stereocenters. The summed E-state index contributed by atoms with van der Waals surface area (Å²) in [6, 6.07) is 6.57. The highest BCUT2D eigenvalue weighted by atomic mass is 16.4. The van der Waals surface area contributed by atoms with E-state index in [2.05, 4.69) is 5.32 Å². The van der Waals surface area contributed by atoms with Crippen molar-refractivity contribution in [3.63, 3.8) is 0 Å². The molecule has 0 aromatic heterocycles. The van der Waals surface area contributed by atoms with Crippen LogP contribution in [-0.2, 0) is 16.0 Å². The Kier molecular flexibility index (Phi) is 5.95. The normalized spacial score (nSPS) is 16.5. The number of carboxylic acids is 1. The molecule has 2 N–H and O–H groups in total. The van der Waals surface area contributed by atoms with E-state index in [1.165, 1.54) is 6.92 Å². The molecule has 0 aliphatic carbocycles. The number of nitrogens with one attached hydrogen (secondary N) is 1. The van der Waals surface area contributed by atoms with Gasteiger partial charge in [-0.15, -0.1) is 0 Å². The van der Waals surface area contributed by atoms with Crippen molar-refractivity contribution in [2.45, 2.75) is 39.2 Å². The lowest BCUT2D eigenvalue weighted by Crippen LogP contribution is -2.49. The van der Waals surface area contributed by atoms with Crippen molar-refractivity contribution in [2.24, 2.45) is 5.92 Å². The van der Waals surface area contributed by atoms with Crippen LogP contribution in [0.5, 0.6) is 0 Å². The number of hydrogen-bond donors (Lipinski definition) is 2. The molecule has 6 nitrogen and oxygen atoms in total. The number of nitrogens with zero attached hydrogens (tertiary/aromatic N) is 1. The predicted molar refractivity (Wildman–Crippen MR) is 89.7 cm³/mol. The lowest BCUT2D eigenvalue weighted by atomic mass is 9.88. The maximum atomic E-state index is 12.3. The maximum absolute atomic E-state index is 12.3. The Morgan fingerprint density at radius 1 is 1.25 bits per heavy atom. The van der Waals surface area contributed by atoms with E-state index in [4.69, 9.17) is 0 Å². The van der Waals surface area contributed by atoms with Crippen molar-refractivity contribution in [1.29, 1.82) is 0 Å². The lowest BCUT2D eigenvalue weighted by Gasteiger charge is -2.33. The molecule has 1 fully saturated rings. The largest absolute Gasteiger partial charge is 0.478 e. The number of carboxylic acid groups (broad SMARTS) is 1. The molecule has 0 radical (unpaired) electrons. The fourth-order valence-electron chi connectivity index (χ4n) is 3.22. The molecule has 2 rings (SSSR count). The molecule has 24 heavy (non-hydrogen) atoms. The van der Waals surface area contributed by atoms with Gasteiger partial charge in [0, 0.05) is 20.0 Å². The molecule has 1 aromatic carbocycles. The standard InChI is InChI=1S/C18H24N2O4/c1-12(19-13(2)21)17(22)20-9-7-14(8-10-20)11-15-5-3-4-6-16(15)18(23)24/h3-6,12,14H,7-11H2,1-2H3,(H,19,21)(H,23,24). The highest BCUT2D eigenvalue weighted by Gasteiger charge is 2.27. The zero-order chi connectivity index (χ0) is 17.7. The van der Waals surface area contributed by atoms with Gasteiger partial charge in [-0.25, -0.2) is 4.79 Å². The van der Waals surface area contributed by atoms with E-state index in [-0.39, 0.29) is 11.8 Å². The van der Waals surface area contributed by atoms with Gasteiger partial charge < -0.3 is 15.3 Å². The first-order valence-corrected chi connectivity index (χ1v) is 8.25. The molecule has 0 spiro atoms. The molecular formula is C18H24N2O4. The summed E-state index contributed by atoms with van der Waals surface area (Å²) < 4.78 is 0. The quantitative estimate of drug-likeness (QED) is 0.859. The maximum Gasteiger partial charge on any atom is 0.335 e. The van der Waals surface area contributed by atoms with E-state index in [0.29, 0.717) is 31.0 Å². The molecule has 0 bridgehead atoms. The van der Waals surface area contributed by atoms with Gasteiger partial charge in [0.1, 0.15) is 6.04 Å². The Hall–Kier alpha value is -2.37. The second kappa shape index (κ2) is 7.95. The van der Waals surface area contributed by atoms with Crippen molar-refractivity contribution in [3.8, 4) is 0 Å². The summed E-state index contributed by atoms with van der Waals surface area (Å²) in [6.07, 6.45) is 2.39. The van der Waals surface area contributed by atoms with Gasteiger partial charge in [0.25, 0.3) is 0 Å². The molecule has 0 saturated carbocycles. The first kappa shape index (κ1) is 18.0. The van der Waals surface area contributed by atoms with E-state index in [1.807, 2.05) is 12.1 Å². The van der Waals surface area contributed by atoms with Crippen LogP contribution in [0.1, 0.15) is 42.6 Å². The highest BCUT2D eigenvalue weighted by Crippen LogP contribution is 2.24. The molecule has 1 aliphatic rings. The van der Waals surface area contributed by atoms with Crippen molar-refractivity contribution in [3.05, 3.63) is 35.4 Å². The minimum absolute atomic E-state index is 0.0606. The van der Waals surface area contributed by atoms with Crippen molar-refractivity contribution >= 4 is 17.8 Å². The van der Waals surface area contributed by atoms with Gasteiger partial charge in [-0.2, -0.15) is 0 Å². The molecular weight excluding hydrogens is 308 g/mol. The van der Waals surface area contributed by atoms with Gasteiger partial charge >= 0.3 is 5.97 Å². The minimum atomic E-state index is -0.901. The van der Waals surface area contributed by atoms with Crippen LogP contribution in [0.3, 0.4) is 0 Å². The van der Waals surface area contributed by atoms with Crippen LogP contribution in [-0.4, -0.2) is 46.9 Å². The number of carbonyl (C=O) groups excluding carboxylic acids is 2. The number of benzene rings is 1. The SMILES string of the molecule is CC(=O)NC(C)C(=O)N1CCC(Cc2ccccc2C(=O)O)CC1. The summed E-state index contributed by atoms with van der Waals surface area (Å²) in [5.74, 6) is -0.807. The first-order chi connectivity index (χ1) is 11.4. The van der Waals surface area contributed by atoms with Crippen LogP contribution in [0.4, 0.5) is 0 Å². The fourth-order valence-corrected chi connectivity index (χ4v) is 3.22. The Balaban J connectivity index is 1.90. The molecule has 1 heterocycles. The zero-order valence-corrected chi connectivity index (χ0v) is 14.1. The Morgan fingerprint density at radius 2 is 1.88 bits per heavy atom. The average molecular weight is 332 g/mol. The summed E-state index contributed by atoms with van der Waals surface area (Å²) in [4.78, 5) is 36.4. The topological polar surface area (TPSA) is 86.7 Å². The second-order valence-corrected chi connectivity index (χ2v) is 6.36. The number of amides is 2. The van der Waals surface area contributed by atoms with Gasteiger partial charge in [-0.3, -0.25) is 9.59 Å². The number of piperidine rings is 1. The Morgan fingerprint density at radius 3 is 2.46 bits per heavy atom. The van der Waals surface area contributed by atoms with Crippen LogP contribution in [0, 0.1) is 5.92 Å². The monoisotopic (exact) mass is 332 g/mol. The lowest BCUT2D eigenvalue weighted by molar-refractivity contribution is -0.136. The van der Waals surface area contributed by atoms with Crippen molar-refractivity contribution in [1.82, 2.24) is 10.2 Å². The summed E-state index contributed by atoms with van der Waals surface area (Å²) in [5, 5.41) is 11.9. The van der Waals surface area contributed by atoms with Gasteiger partial charge in [0.2, 0.25) is 11.8 Å². The Bertz CT molecular complexity index is 621. The molecule has 1 unspecified atom stereocenters. The molecule has 1 aromatic rings. The van der Waals surface area contributed by atoms with Gasteiger partial charge in [-0.1, -0.05) is 18.2 Å². The molecule has 1 aliphatic heterocycles. The van der Waals surface area contributed by atoms with Gasteiger partial charge in [0.15, 0.2) is 0 Å². The zero-order valence-electron chi connectivity index (χ0n) is 14.1. The fraction of sp³-hybridized carbons (Fsp3) is 0.500. The van der Waals surface area contributed by atoms with E-state index in [1.54, 1.807) is 24.0 Å². The molecule has 130 valence electrons. The number of aromatic carboxylic acids is 1. The van der Waals surface area contributed by atoms with Crippen molar-refractivity contribution < 1.29 is 19.5 Å². The number of carbonyl (C=O) groups is 3. The van der Waals surface area contributed by atoms with E-state index in [0.717, 1.165) is 18.4 Å². The molecule has 6 heteroatoms. The summed E-state index contributed by atoms with van der Waals surface area (Å²) >= 11 is 0. The average Bonchev–Trinajstić information content (AvgIpc) is 2.54. The first-order valence-electron chi connectivity index (χ1n) is 8.25. The highest BCUT2D eigenvalue weighted by molar-refractivity contribution is 5.89. The van der Waals surface area contributed by atoms with Crippen LogP contribution in [0.25, 0.3) is 0 Å². The molecule has 2 amide bonds. The van der Waals surface area contributed by atoms with E-state index >= 15 is 0 Å². The van der Waals surface area contributed by atoms with E-state index < -0.39 is 12.0 Å². The number of likely N-dealkylation sites (tertiary alicyclic amines) is 1. The third-order valence-corrected chi connectivity index (χ3v) is 4.47. The summed E-state index contributed by atoms with van der Waals surface area (Å²) in [5.41, 5.74) is 1.21. The van der Waals surface area contributed by atoms with Crippen LogP contribution in [0.2, 0.25) is 0 Å². The summed E-state index contributed by atoms with van der Waals surface area (Å²) in [6.45, 7) is 4.38. The van der Waals surface area contributed by atoms with Crippen LogP contribution in [0.15, 0.2) is 24.3 Å². The third-order valence-electron chi connectivity index (χ3n) is 4.47. The second-order valence-electron chi connectivity index (χ2n) is 6.36. The van der Waals surface area contributed by atoms with Crippen LogP contribution >= 0.6 is 0 Å². The van der Waals surface area contributed by atoms with Gasteiger partial charge in [-0.05, 0) is 43.7 Å². The van der Waals surface area contributed by atoms with E-state index in [9.17, 15) is 19.5 Å². The van der Waals surface area contributed by atoms with Crippen molar-refractivity contribution in [2.75, 3.05) is 13.1 Å². The minimum Gasteiger partial charge on any atom is -0.478 e. The molecule has 1 saturated heterocycles. The van der Waals surface area contributed by atoms with Crippen LogP contribution < -0.4 is 5.32 Å². The predicted octanol–water partition coefficient (Wildman–Crippen LogP) is 1.69. The summed E-state index contributed by atoms with van der Waals surface area (Å²) in [7, 11) is 0. The van der Waals surface area contributed by atoms with Gasteiger partial charge in [0.05, 0.1) is 5.56 Å². The number of rotatable bonds is 5. The Labute approximate surface area is 141 Å².